The normalized spacial score (nSPS) is 15.2. The number of hydrogen-bond donors (Lipinski definition) is 1. The molecule has 1 atom stereocenters. The topological polar surface area (TPSA) is 85.3 Å². The first-order chi connectivity index (χ1) is 15.0. The zero-order chi connectivity index (χ0) is 23.8. The molecular weight excluding hydrogens is 431 g/mol. The van der Waals surface area contributed by atoms with Crippen LogP contribution in [0.3, 0.4) is 0 Å². The van der Waals surface area contributed by atoms with E-state index >= 15 is 0 Å². The maximum Gasteiger partial charge on any atom is 0.471 e. The molecule has 0 aromatic heterocycles. The van der Waals surface area contributed by atoms with Crippen molar-refractivity contribution in [1.29, 1.82) is 0 Å². The number of halogens is 3. The lowest BCUT2D eigenvalue weighted by Gasteiger charge is -2.29. The number of rotatable bonds is 4. The number of carbonyl (C=O) groups excluding carboxylic acids is 1. The molecule has 7 nitrogen and oxygen atoms in total. The molecule has 0 spiro atoms. The summed E-state index contributed by atoms with van der Waals surface area (Å²) in [6, 6.07) is 4.23. The van der Waals surface area contributed by atoms with Crippen LogP contribution in [0.5, 0.6) is 23.0 Å². The Morgan fingerprint density at radius 1 is 1.09 bits per heavy atom. The van der Waals surface area contributed by atoms with Crippen molar-refractivity contribution in [3.63, 3.8) is 0 Å². The fourth-order valence-electron chi connectivity index (χ4n) is 4.03. The zero-order valence-corrected chi connectivity index (χ0v) is 17.9. The van der Waals surface area contributed by atoms with Crippen molar-refractivity contribution in [3.8, 4) is 34.1 Å². The van der Waals surface area contributed by atoms with E-state index in [0.717, 1.165) is 19.2 Å². The van der Waals surface area contributed by atoms with E-state index in [4.69, 9.17) is 14.2 Å². The van der Waals surface area contributed by atoms with Crippen molar-refractivity contribution in [2.45, 2.75) is 25.1 Å². The van der Waals surface area contributed by atoms with Crippen molar-refractivity contribution < 1.29 is 37.3 Å². The first-order valence-corrected chi connectivity index (χ1v) is 9.58. The van der Waals surface area contributed by atoms with Gasteiger partial charge in [0.15, 0.2) is 17.2 Å². The highest BCUT2D eigenvalue weighted by Crippen LogP contribution is 2.51. The van der Waals surface area contributed by atoms with Crippen LogP contribution in [0.4, 0.5) is 13.2 Å². The summed E-state index contributed by atoms with van der Waals surface area (Å²) in [5, 5.41) is 9.98. The van der Waals surface area contributed by atoms with Crippen molar-refractivity contribution >= 4 is 5.91 Å². The van der Waals surface area contributed by atoms with Gasteiger partial charge in [-0.15, -0.1) is 0 Å². The molecular formula is C22H22F3NO6. The molecule has 1 aliphatic carbocycles. The minimum atomic E-state index is -5.09. The van der Waals surface area contributed by atoms with Crippen LogP contribution in [-0.2, 0) is 11.2 Å². The van der Waals surface area contributed by atoms with Gasteiger partial charge >= 0.3 is 12.1 Å². The molecule has 1 amide bonds. The average molecular weight is 453 g/mol. The number of carbonyl (C=O) groups is 1. The minimum absolute atomic E-state index is 0.0845. The fourth-order valence-corrected chi connectivity index (χ4v) is 4.03. The summed E-state index contributed by atoms with van der Waals surface area (Å²) in [5.41, 5.74) is 0.839. The molecule has 2 aromatic carbocycles. The van der Waals surface area contributed by atoms with Crippen LogP contribution < -0.4 is 19.6 Å². The van der Waals surface area contributed by atoms with Gasteiger partial charge in [0.1, 0.15) is 0 Å². The molecule has 0 fully saturated rings. The van der Waals surface area contributed by atoms with Gasteiger partial charge < -0.3 is 24.2 Å². The monoisotopic (exact) mass is 453 g/mol. The number of amides is 1. The van der Waals surface area contributed by atoms with Gasteiger partial charge in [-0.25, -0.2) is 0 Å². The fraction of sp³-hybridized carbons (Fsp3) is 0.364. The Kier molecular flexibility index (Phi) is 6.25. The Morgan fingerprint density at radius 3 is 2.31 bits per heavy atom. The Balaban J connectivity index is 2.38. The third-order valence-corrected chi connectivity index (χ3v) is 5.52. The minimum Gasteiger partial charge on any atom is -0.504 e. The molecule has 0 radical (unpaired) electrons. The van der Waals surface area contributed by atoms with E-state index in [2.05, 4.69) is 0 Å². The van der Waals surface area contributed by atoms with Crippen molar-refractivity contribution in [2.24, 2.45) is 0 Å². The third kappa shape index (κ3) is 3.92. The SMILES string of the molecule is COc1cc2c(c(OC)c1OC)-c1ccc(O)c(=O)cc1[C@@H](N(C)C(=O)C(F)(F)F)CC2. The third-order valence-electron chi connectivity index (χ3n) is 5.52. The van der Waals surface area contributed by atoms with Crippen LogP contribution in [-0.4, -0.2) is 50.5 Å². The molecule has 0 saturated heterocycles. The van der Waals surface area contributed by atoms with Crippen LogP contribution in [0, 0.1) is 0 Å². The van der Waals surface area contributed by atoms with Crippen molar-refractivity contribution in [2.75, 3.05) is 28.4 Å². The second-order valence-corrected chi connectivity index (χ2v) is 7.24. The van der Waals surface area contributed by atoms with Gasteiger partial charge in [-0.05, 0) is 47.7 Å². The molecule has 2 aromatic rings. The lowest BCUT2D eigenvalue weighted by Crippen LogP contribution is -2.41. The van der Waals surface area contributed by atoms with Gasteiger partial charge in [0, 0.05) is 12.6 Å². The number of fused-ring (bicyclic) bond motifs is 3. The maximum absolute atomic E-state index is 13.2. The van der Waals surface area contributed by atoms with E-state index in [0.29, 0.717) is 27.3 Å². The summed E-state index contributed by atoms with van der Waals surface area (Å²) in [4.78, 5) is 25.0. The van der Waals surface area contributed by atoms with Crippen LogP contribution in [0.2, 0.25) is 0 Å². The number of methoxy groups -OCH3 is 3. The molecule has 0 bridgehead atoms. The number of aromatic hydroxyl groups is 1. The first kappa shape index (κ1) is 23.2. The zero-order valence-electron chi connectivity index (χ0n) is 17.9. The number of alkyl halides is 3. The van der Waals surface area contributed by atoms with E-state index < -0.39 is 29.3 Å². The molecule has 32 heavy (non-hydrogen) atoms. The Bertz CT molecular complexity index is 1120. The van der Waals surface area contributed by atoms with E-state index in [9.17, 15) is 27.9 Å². The van der Waals surface area contributed by atoms with E-state index in [-0.39, 0.29) is 29.9 Å². The molecule has 172 valence electrons. The van der Waals surface area contributed by atoms with Gasteiger partial charge in [-0.1, -0.05) is 6.07 Å². The maximum atomic E-state index is 13.2. The first-order valence-electron chi connectivity index (χ1n) is 9.58. The van der Waals surface area contributed by atoms with E-state index in [1.54, 1.807) is 6.07 Å². The molecule has 1 aliphatic rings. The Hall–Kier alpha value is -3.43. The highest BCUT2D eigenvalue weighted by Gasteiger charge is 2.44. The summed E-state index contributed by atoms with van der Waals surface area (Å²) in [6.45, 7) is 0. The Morgan fingerprint density at radius 2 is 1.75 bits per heavy atom. The second-order valence-electron chi connectivity index (χ2n) is 7.24. The summed E-state index contributed by atoms with van der Waals surface area (Å²) in [6.07, 6.45) is -4.75. The standard InChI is InChI=1S/C22H22F3NO6/c1-26(21(29)22(23,24)25)14-7-5-11-9-17(30-2)19(31-3)20(32-4)18(11)12-6-8-15(27)16(28)10-13(12)14/h6,8-10,14H,5,7H2,1-4H3,(H,27,28)/t14-/m0/s1. The molecule has 0 saturated carbocycles. The number of hydrogen-bond acceptors (Lipinski definition) is 6. The highest BCUT2D eigenvalue weighted by atomic mass is 19.4. The molecule has 3 rings (SSSR count). The number of benzene rings is 1. The van der Waals surface area contributed by atoms with Crippen LogP contribution in [0.1, 0.15) is 23.6 Å². The lowest BCUT2D eigenvalue weighted by atomic mass is 9.95. The molecule has 0 unspecified atom stereocenters. The van der Waals surface area contributed by atoms with Gasteiger partial charge in [0.05, 0.1) is 27.4 Å². The predicted octanol–water partition coefficient (Wildman–Crippen LogP) is 3.45. The van der Waals surface area contributed by atoms with Gasteiger partial charge in [0.2, 0.25) is 11.2 Å². The number of ether oxygens (including phenoxy) is 3. The molecule has 0 aliphatic heterocycles. The van der Waals surface area contributed by atoms with E-state index in [1.165, 1.54) is 27.4 Å². The van der Waals surface area contributed by atoms with Gasteiger partial charge in [-0.3, -0.25) is 9.59 Å². The quantitative estimate of drug-likeness (QED) is 0.764. The average Bonchev–Trinajstić information content (AvgIpc) is 2.99. The van der Waals surface area contributed by atoms with Gasteiger partial charge in [0.25, 0.3) is 0 Å². The van der Waals surface area contributed by atoms with Crippen LogP contribution in [0.25, 0.3) is 11.1 Å². The van der Waals surface area contributed by atoms with Crippen molar-refractivity contribution in [1.82, 2.24) is 4.90 Å². The summed E-state index contributed by atoms with van der Waals surface area (Å²) < 4.78 is 55.9. The van der Waals surface area contributed by atoms with Crippen LogP contribution >= 0.6 is 0 Å². The largest absolute Gasteiger partial charge is 0.504 e. The number of nitrogens with zero attached hydrogens (tertiary/aromatic N) is 1. The summed E-state index contributed by atoms with van der Waals surface area (Å²) >= 11 is 0. The molecule has 0 heterocycles. The Labute approximate surface area is 181 Å². The highest BCUT2D eigenvalue weighted by molar-refractivity contribution is 5.85. The number of aryl methyl sites for hydroxylation is 1. The summed E-state index contributed by atoms with van der Waals surface area (Å²) in [7, 11) is 5.29. The smallest absolute Gasteiger partial charge is 0.471 e. The predicted molar refractivity (Wildman–Crippen MR) is 109 cm³/mol. The van der Waals surface area contributed by atoms with Crippen LogP contribution in [0.15, 0.2) is 29.1 Å². The van der Waals surface area contributed by atoms with Gasteiger partial charge in [-0.2, -0.15) is 13.2 Å². The second kappa shape index (κ2) is 8.60. The lowest BCUT2D eigenvalue weighted by molar-refractivity contribution is -0.186. The van der Waals surface area contributed by atoms with E-state index in [1.807, 2.05) is 0 Å². The molecule has 10 heteroatoms. The summed E-state index contributed by atoms with van der Waals surface area (Å²) in [5.74, 6) is -1.74. The van der Waals surface area contributed by atoms with Crippen molar-refractivity contribution in [3.05, 3.63) is 45.6 Å². The molecule has 1 N–H and O–H groups in total.